The van der Waals surface area contributed by atoms with E-state index in [1.807, 2.05) is 0 Å². The van der Waals surface area contributed by atoms with Crippen LogP contribution in [0.4, 0.5) is 0 Å². The molecule has 0 bridgehead atoms. The van der Waals surface area contributed by atoms with E-state index in [9.17, 15) is 0 Å². The van der Waals surface area contributed by atoms with Crippen molar-refractivity contribution in [2.45, 2.75) is 59.8 Å². The van der Waals surface area contributed by atoms with E-state index in [1.54, 1.807) is 0 Å². The molecule has 1 aliphatic carbocycles. The summed E-state index contributed by atoms with van der Waals surface area (Å²) in [5.41, 5.74) is 1.70. The molecule has 1 saturated carbocycles. The molecule has 88 valence electrons. The van der Waals surface area contributed by atoms with Gasteiger partial charge in [0.25, 0.3) is 0 Å². The van der Waals surface area contributed by atoms with Gasteiger partial charge in [-0.1, -0.05) is 27.7 Å². The zero-order chi connectivity index (χ0) is 11.2. The Balaban J connectivity index is 2.18. The summed E-state index contributed by atoms with van der Waals surface area (Å²) in [5, 5.41) is 3.62. The third kappa shape index (κ3) is 2.55. The lowest BCUT2D eigenvalue weighted by Gasteiger charge is -2.53. The minimum absolute atomic E-state index is 0.542. The van der Waals surface area contributed by atoms with Gasteiger partial charge in [-0.05, 0) is 54.9 Å². The van der Waals surface area contributed by atoms with Crippen LogP contribution >= 0.6 is 0 Å². The molecule has 1 aliphatic heterocycles. The van der Waals surface area contributed by atoms with Crippen LogP contribution in [-0.4, -0.2) is 13.1 Å². The molecule has 0 aromatic rings. The number of hydrogen-bond donors (Lipinski definition) is 1. The predicted octanol–water partition coefficient (Wildman–Crippen LogP) is 3.59. The summed E-state index contributed by atoms with van der Waals surface area (Å²) in [6.07, 6.45) is 7.08. The molecule has 0 aromatic carbocycles. The molecule has 2 fully saturated rings. The Bertz CT molecular complexity index is 216. The standard InChI is InChI=1S/C14H27N/c1-12(2)8-13(3,4)10-14(9-12)6-5-7-15-11-14/h15H,5-11H2,1-4H3. The molecule has 0 atom stereocenters. The third-order valence-electron chi connectivity index (χ3n) is 4.22. The summed E-state index contributed by atoms with van der Waals surface area (Å²) in [7, 11) is 0. The molecule has 15 heavy (non-hydrogen) atoms. The van der Waals surface area contributed by atoms with Crippen LogP contribution in [0.5, 0.6) is 0 Å². The second kappa shape index (κ2) is 3.48. The molecule has 0 unspecified atom stereocenters. The van der Waals surface area contributed by atoms with Crippen LogP contribution in [0.2, 0.25) is 0 Å². The number of piperidine rings is 1. The Hall–Kier alpha value is -0.0400. The van der Waals surface area contributed by atoms with Crippen molar-refractivity contribution in [1.29, 1.82) is 0 Å². The van der Waals surface area contributed by atoms with E-state index in [0.29, 0.717) is 16.2 Å². The van der Waals surface area contributed by atoms with Crippen molar-refractivity contribution in [3.05, 3.63) is 0 Å². The van der Waals surface area contributed by atoms with Gasteiger partial charge < -0.3 is 5.32 Å². The summed E-state index contributed by atoms with van der Waals surface area (Å²) in [4.78, 5) is 0. The van der Waals surface area contributed by atoms with Crippen LogP contribution in [0.25, 0.3) is 0 Å². The normalized spacial score (nSPS) is 32.8. The average molecular weight is 209 g/mol. The Morgan fingerprint density at radius 1 is 0.867 bits per heavy atom. The minimum Gasteiger partial charge on any atom is -0.316 e. The topological polar surface area (TPSA) is 12.0 Å². The SMILES string of the molecule is CC1(C)CC(C)(C)CC2(CCCNC2)C1. The van der Waals surface area contributed by atoms with Crippen molar-refractivity contribution < 1.29 is 0 Å². The molecular formula is C14H27N. The quantitative estimate of drug-likeness (QED) is 0.643. The van der Waals surface area contributed by atoms with Crippen molar-refractivity contribution in [1.82, 2.24) is 5.32 Å². The molecule has 0 aromatic heterocycles. The molecule has 1 heterocycles. The van der Waals surface area contributed by atoms with Crippen LogP contribution in [0.1, 0.15) is 59.8 Å². The second-order valence-electron chi connectivity index (χ2n) is 7.64. The smallest absolute Gasteiger partial charge is 0.000822 e. The van der Waals surface area contributed by atoms with Gasteiger partial charge in [0, 0.05) is 6.54 Å². The maximum absolute atomic E-state index is 3.62. The van der Waals surface area contributed by atoms with Crippen molar-refractivity contribution in [3.63, 3.8) is 0 Å². The van der Waals surface area contributed by atoms with E-state index in [1.165, 1.54) is 45.2 Å². The molecule has 1 heteroatoms. The molecule has 1 N–H and O–H groups in total. The molecular weight excluding hydrogens is 182 g/mol. The first-order valence-corrected chi connectivity index (χ1v) is 6.54. The Labute approximate surface area is 95.0 Å². The van der Waals surface area contributed by atoms with Crippen LogP contribution < -0.4 is 5.32 Å². The molecule has 0 amide bonds. The van der Waals surface area contributed by atoms with E-state index in [-0.39, 0.29) is 0 Å². The lowest BCUT2D eigenvalue weighted by atomic mass is 9.53. The molecule has 1 spiro atoms. The van der Waals surface area contributed by atoms with Gasteiger partial charge in [-0.2, -0.15) is 0 Å². The molecule has 2 aliphatic rings. The summed E-state index contributed by atoms with van der Waals surface area (Å²) in [6, 6.07) is 0. The van der Waals surface area contributed by atoms with Crippen LogP contribution in [0, 0.1) is 16.2 Å². The van der Waals surface area contributed by atoms with Crippen molar-refractivity contribution >= 4 is 0 Å². The predicted molar refractivity (Wildman–Crippen MR) is 65.9 cm³/mol. The fourth-order valence-electron chi connectivity index (χ4n) is 4.85. The molecule has 1 nitrogen and oxygen atoms in total. The average Bonchev–Trinajstić information content (AvgIpc) is 1.97. The highest BCUT2D eigenvalue weighted by molar-refractivity contribution is 4.99. The highest BCUT2D eigenvalue weighted by atomic mass is 14.9. The highest BCUT2D eigenvalue weighted by Gasteiger charge is 2.47. The molecule has 0 radical (unpaired) electrons. The first kappa shape index (κ1) is 11.4. The fourth-order valence-corrected chi connectivity index (χ4v) is 4.85. The van der Waals surface area contributed by atoms with E-state index >= 15 is 0 Å². The molecule has 2 rings (SSSR count). The maximum atomic E-state index is 3.62. The summed E-state index contributed by atoms with van der Waals surface area (Å²) < 4.78 is 0. The zero-order valence-corrected chi connectivity index (χ0v) is 10.9. The number of rotatable bonds is 0. The maximum Gasteiger partial charge on any atom is 0.000822 e. The lowest BCUT2D eigenvalue weighted by molar-refractivity contribution is -0.0165. The van der Waals surface area contributed by atoms with Gasteiger partial charge in [-0.25, -0.2) is 0 Å². The fraction of sp³-hybridized carbons (Fsp3) is 1.00. The first-order valence-electron chi connectivity index (χ1n) is 6.54. The van der Waals surface area contributed by atoms with Gasteiger partial charge in [-0.3, -0.25) is 0 Å². The van der Waals surface area contributed by atoms with Gasteiger partial charge >= 0.3 is 0 Å². The van der Waals surface area contributed by atoms with Crippen molar-refractivity contribution in [2.75, 3.05) is 13.1 Å². The van der Waals surface area contributed by atoms with Crippen molar-refractivity contribution in [2.24, 2.45) is 16.2 Å². The van der Waals surface area contributed by atoms with Gasteiger partial charge in [0.15, 0.2) is 0 Å². The minimum atomic E-state index is 0.542. The van der Waals surface area contributed by atoms with E-state index in [2.05, 4.69) is 33.0 Å². The van der Waals surface area contributed by atoms with E-state index < -0.39 is 0 Å². The van der Waals surface area contributed by atoms with E-state index in [0.717, 1.165) is 0 Å². The summed E-state index contributed by atoms with van der Waals surface area (Å²) in [5.74, 6) is 0. The zero-order valence-electron chi connectivity index (χ0n) is 10.9. The second-order valence-corrected chi connectivity index (χ2v) is 7.64. The lowest BCUT2D eigenvalue weighted by Crippen LogP contribution is -2.49. The monoisotopic (exact) mass is 209 g/mol. The Morgan fingerprint density at radius 3 is 1.93 bits per heavy atom. The highest BCUT2D eigenvalue weighted by Crippen LogP contribution is 2.56. The third-order valence-corrected chi connectivity index (χ3v) is 4.22. The number of nitrogens with one attached hydrogen (secondary N) is 1. The number of hydrogen-bond acceptors (Lipinski definition) is 1. The summed E-state index contributed by atoms with van der Waals surface area (Å²) >= 11 is 0. The Kier molecular flexibility index (Phi) is 2.65. The van der Waals surface area contributed by atoms with Crippen LogP contribution in [0.3, 0.4) is 0 Å². The molecule has 1 saturated heterocycles. The van der Waals surface area contributed by atoms with E-state index in [4.69, 9.17) is 0 Å². The Morgan fingerprint density at radius 2 is 1.47 bits per heavy atom. The summed E-state index contributed by atoms with van der Waals surface area (Å²) in [6.45, 7) is 12.4. The largest absolute Gasteiger partial charge is 0.316 e. The first-order chi connectivity index (χ1) is 6.83. The van der Waals surface area contributed by atoms with Crippen LogP contribution in [0.15, 0.2) is 0 Å². The van der Waals surface area contributed by atoms with Gasteiger partial charge in [0.1, 0.15) is 0 Å². The van der Waals surface area contributed by atoms with Gasteiger partial charge in [0.05, 0.1) is 0 Å². The van der Waals surface area contributed by atoms with Crippen molar-refractivity contribution in [3.8, 4) is 0 Å². The van der Waals surface area contributed by atoms with Gasteiger partial charge in [0.2, 0.25) is 0 Å². The van der Waals surface area contributed by atoms with Gasteiger partial charge in [-0.15, -0.1) is 0 Å². The van der Waals surface area contributed by atoms with Crippen LogP contribution in [-0.2, 0) is 0 Å².